The van der Waals surface area contributed by atoms with E-state index in [0.717, 1.165) is 5.57 Å². The van der Waals surface area contributed by atoms with Gasteiger partial charge in [-0.15, -0.1) is 0 Å². The molecule has 0 aliphatic rings. The number of hydrogen-bond acceptors (Lipinski definition) is 5. The summed E-state index contributed by atoms with van der Waals surface area (Å²) < 4.78 is 15.9. The third-order valence-electron chi connectivity index (χ3n) is 3.17. The van der Waals surface area contributed by atoms with Crippen LogP contribution in [0.4, 0.5) is 0 Å². The standard InChI is InChI=1S/C21H20O5/c1-14(2)13-24-17-9-11-19(12-10-17)26-21(23)16-5-7-18(8-6-16)25-20(22)15(3)4/h5-12H,1,3,13H2,2,4H3. The molecule has 0 aromatic heterocycles. The smallest absolute Gasteiger partial charge is 0.343 e. The first-order chi connectivity index (χ1) is 12.3. The Hall–Kier alpha value is -3.34. The van der Waals surface area contributed by atoms with Crippen LogP contribution in [0.1, 0.15) is 24.2 Å². The normalized spacial score (nSPS) is 9.92. The van der Waals surface area contributed by atoms with Crippen LogP contribution in [0, 0.1) is 0 Å². The van der Waals surface area contributed by atoms with Gasteiger partial charge in [0.25, 0.3) is 0 Å². The Bertz CT molecular complexity index is 816. The molecule has 0 unspecified atom stereocenters. The molecule has 5 nitrogen and oxygen atoms in total. The maximum Gasteiger partial charge on any atom is 0.343 e. The second-order valence-electron chi connectivity index (χ2n) is 5.80. The fourth-order valence-electron chi connectivity index (χ4n) is 1.83. The molecule has 0 bridgehead atoms. The topological polar surface area (TPSA) is 61.8 Å². The molecular weight excluding hydrogens is 332 g/mol. The SMILES string of the molecule is C=C(C)COc1ccc(OC(=O)c2ccc(OC(=O)C(=C)C)cc2)cc1. The second kappa shape index (κ2) is 8.67. The van der Waals surface area contributed by atoms with E-state index in [0.29, 0.717) is 35.0 Å². The van der Waals surface area contributed by atoms with Crippen LogP contribution < -0.4 is 14.2 Å². The predicted molar refractivity (Wildman–Crippen MR) is 98.6 cm³/mol. The molecule has 2 aromatic rings. The summed E-state index contributed by atoms with van der Waals surface area (Å²) in [4.78, 5) is 23.6. The molecule has 2 aromatic carbocycles. The average Bonchev–Trinajstić information content (AvgIpc) is 2.61. The van der Waals surface area contributed by atoms with Crippen molar-refractivity contribution in [3.05, 3.63) is 78.4 Å². The monoisotopic (exact) mass is 352 g/mol. The zero-order valence-corrected chi connectivity index (χ0v) is 14.8. The van der Waals surface area contributed by atoms with Gasteiger partial charge in [0.15, 0.2) is 0 Å². The molecule has 0 fully saturated rings. The van der Waals surface area contributed by atoms with Crippen molar-refractivity contribution in [3.8, 4) is 17.2 Å². The maximum atomic E-state index is 12.2. The van der Waals surface area contributed by atoms with Crippen LogP contribution in [0.15, 0.2) is 72.8 Å². The maximum absolute atomic E-state index is 12.2. The molecule has 0 amide bonds. The van der Waals surface area contributed by atoms with Crippen LogP contribution in [-0.2, 0) is 4.79 Å². The Balaban J connectivity index is 1.95. The zero-order valence-electron chi connectivity index (χ0n) is 14.8. The lowest BCUT2D eigenvalue weighted by Crippen LogP contribution is -2.10. The van der Waals surface area contributed by atoms with Gasteiger partial charge in [-0.3, -0.25) is 0 Å². The molecule has 0 aliphatic heterocycles. The molecule has 0 heterocycles. The quantitative estimate of drug-likeness (QED) is 0.321. The minimum absolute atomic E-state index is 0.296. The van der Waals surface area contributed by atoms with Crippen molar-refractivity contribution in [1.29, 1.82) is 0 Å². The average molecular weight is 352 g/mol. The van der Waals surface area contributed by atoms with Crippen molar-refractivity contribution in [2.75, 3.05) is 6.61 Å². The summed E-state index contributed by atoms with van der Waals surface area (Å²) in [5, 5.41) is 0. The van der Waals surface area contributed by atoms with Crippen LogP contribution in [0.5, 0.6) is 17.2 Å². The molecule has 0 saturated heterocycles. The fraction of sp³-hybridized carbons (Fsp3) is 0.143. The van der Waals surface area contributed by atoms with Gasteiger partial charge >= 0.3 is 11.9 Å². The summed E-state index contributed by atoms with van der Waals surface area (Å²) in [5.41, 5.74) is 1.55. The van der Waals surface area contributed by atoms with Gasteiger partial charge in [-0.2, -0.15) is 0 Å². The van der Waals surface area contributed by atoms with Crippen molar-refractivity contribution in [1.82, 2.24) is 0 Å². The number of hydrogen-bond donors (Lipinski definition) is 0. The summed E-state index contributed by atoms with van der Waals surface area (Å²) in [6.45, 7) is 11.1. The lowest BCUT2D eigenvalue weighted by molar-refractivity contribution is -0.130. The van der Waals surface area contributed by atoms with Gasteiger partial charge in [-0.05, 0) is 68.0 Å². The van der Waals surface area contributed by atoms with Crippen LogP contribution in [-0.4, -0.2) is 18.5 Å². The van der Waals surface area contributed by atoms with Crippen molar-refractivity contribution >= 4 is 11.9 Å². The third kappa shape index (κ3) is 5.63. The van der Waals surface area contributed by atoms with Crippen molar-refractivity contribution in [3.63, 3.8) is 0 Å². The van der Waals surface area contributed by atoms with E-state index >= 15 is 0 Å². The largest absolute Gasteiger partial charge is 0.489 e. The predicted octanol–water partition coefficient (Wildman–Crippen LogP) is 4.34. The molecule has 0 saturated carbocycles. The van der Waals surface area contributed by atoms with E-state index in [9.17, 15) is 9.59 Å². The first kappa shape index (κ1) is 19.0. The van der Waals surface area contributed by atoms with E-state index in [1.54, 1.807) is 31.2 Å². The van der Waals surface area contributed by atoms with Crippen molar-refractivity contribution < 1.29 is 23.8 Å². The minimum atomic E-state index is -0.519. The van der Waals surface area contributed by atoms with Crippen LogP contribution in [0.25, 0.3) is 0 Å². The number of carbonyl (C=O) groups excluding carboxylic acids is 2. The lowest BCUT2D eigenvalue weighted by atomic mass is 10.2. The fourth-order valence-corrected chi connectivity index (χ4v) is 1.83. The van der Waals surface area contributed by atoms with Gasteiger partial charge in [0.1, 0.15) is 23.9 Å². The number of benzene rings is 2. The second-order valence-corrected chi connectivity index (χ2v) is 5.80. The lowest BCUT2D eigenvalue weighted by Gasteiger charge is -2.08. The van der Waals surface area contributed by atoms with Gasteiger partial charge in [0.2, 0.25) is 0 Å². The van der Waals surface area contributed by atoms with E-state index < -0.39 is 11.9 Å². The van der Waals surface area contributed by atoms with Crippen LogP contribution >= 0.6 is 0 Å². The van der Waals surface area contributed by atoms with Crippen LogP contribution in [0.2, 0.25) is 0 Å². The summed E-state index contributed by atoms with van der Waals surface area (Å²) in [6, 6.07) is 12.8. The molecular formula is C21H20O5. The van der Waals surface area contributed by atoms with E-state index in [-0.39, 0.29) is 0 Å². The molecule has 134 valence electrons. The number of rotatable bonds is 7. The summed E-state index contributed by atoms with van der Waals surface area (Å²) in [6.07, 6.45) is 0. The van der Waals surface area contributed by atoms with E-state index in [1.165, 1.54) is 24.3 Å². The first-order valence-corrected chi connectivity index (χ1v) is 7.92. The summed E-state index contributed by atoms with van der Waals surface area (Å²) in [7, 11) is 0. The first-order valence-electron chi connectivity index (χ1n) is 7.92. The number of esters is 2. The van der Waals surface area contributed by atoms with E-state index in [2.05, 4.69) is 13.2 Å². The molecule has 0 radical (unpaired) electrons. The molecule has 0 aliphatic carbocycles. The van der Waals surface area contributed by atoms with Gasteiger partial charge in [-0.25, -0.2) is 9.59 Å². The Morgan fingerprint density at radius 3 is 1.85 bits per heavy atom. The summed E-state index contributed by atoms with van der Waals surface area (Å²) in [5.74, 6) is 0.355. The Kier molecular flexibility index (Phi) is 6.33. The molecule has 0 N–H and O–H groups in total. The van der Waals surface area contributed by atoms with E-state index in [1.807, 2.05) is 6.92 Å². The minimum Gasteiger partial charge on any atom is -0.489 e. The summed E-state index contributed by atoms with van der Waals surface area (Å²) >= 11 is 0. The number of ether oxygens (including phenoxy) is 3. The third-order valence-corrected chi connectivity index (χ3v) is 3.17. The highest BCUT2D eigenvalue weighted by Crippen LogP contribution is 2.20. The van der Waals surface area contributed by atoms with Crippen molar-refractivity contribution in [2.45, 2.75) is 13.8 Å². The Labute approximate surface area is 152 Å². The van der Waals surface area contributed by atoms with Gasteiger partial charge in [0, 0.05) is 5.57 Å². The highest BCUT2D eigenvalue weighted by atomic mass is 16.5. The molecule has 2 rings (SSSR count). The van der Waals surface area contributed by atoms with Crippen molar-refractivity contribution in [2.24, 2.45) is 0 Å². The highest BCUT2D eigenvalue weighted by molar-refractivity contribution is 5.92. The van der Waals surface area contributed by atoms with Crippen LogP contribution in [0.3, 0.4) is 0 Å². The Morgan fingerprint density at radius 1 is 0.808 bits per heavy atom. The van der Waals surface area contributed by atoms with E-state index in [4.69, 9.17) is 14.2 Å². The number of carbonyl (C=O) groups is 2. The highest BCUT2D eigenvalue weighted by Gasteiger charge is 2.10. The molecule has 0 spiro atoms. The van der Waals surface area contributed by atoms with Gasteiger partial charge in [0.05, 0.1) is 5.56 Å². The zero-order chi connectivity index (χ0) is 19.1. The molecule has 0 atom stereocenters. The van der Waals surface area contributed by atoms with Gasteiger partial charge in [-0.1, -0.05) is 13.2 Å². The molecule has 26 heavy (non-hydrogen) atoms. The Morgan fingerprint density at radius 2 is 1.31 bits per heavy atom. The molecule has 5 heteroatoms. The van der Waals surface area contributed by atoms with Gasteiger partial charge < -0.3 is 14.2 Å².